The van der Waals surface area contributed by atoms with E-state index in [0.29, 0.717) is 5.95 Å². The lowest BCUT2D eigenvalue weighted by atomic mass is 9.92. The van der Waals surface area contributed by atoms with E-state index in [4.69, 9.17) is 4.98 Å². The number of benzene rings is 1. The second-order valence-electron chi connectivity index (χ2n) is 6.52. The molecular formula is C20H22N6. The van der Waals surface area contributed by atoms with Gasteiger partial charge in [-0.2, -0.15) is 4.98 Å². The third-order valence-electron chi connectivity index (χ3n) is 4.61. The predicted octanol–water partition coefficient (Wildman–Crippen LogP) is 3.77. The largest absolute Gasteiger partial charge is 0.363 e. The first kappa shape index (κ1) is 16.4. The third kappa shape index (κ3) is 3.35. The summed E-state index contributed by atoms with van der Waals surface area (Å²) in [4.78, 5) is 18.3. The van der Waals surface area contributed by atoms with Crippen molar-refractivity contribution in [3.63, 3.8) is 0 Å². The van der Waals surface area contributed by atoms with Gasteiger partial charge in [0.2, 0.25) is 5.95 Å². The Morgan fingerprint density at radius 2 is 1.92 bits per heavy atom. The normalized spacial score (nSPS) is 16.0. The lowest BCUT2D eigenvalue weighted by molar-refractivity contribution is 0.583. The van der Waals surface area contributed by atoms with Crippen LogP contribution in [0.1, 0.15) is 35.8 Å². The molecule has 26 heavy (non-hydrogen) atoms. The number of nitrogens with one attached hydrogen (secondary N) is 2. The summed E-state index contributed by atoms with van der Waals surface area (Å²) in [6, 6.07) is 12.3. The Bertz CT molecular complexity index is 909. The number of hydrogen-bond acceptors (Lipinski definition) is 6. The number of anilines is 2. The van der Waals surface area contributed by atoms with Gasteiger partial charge in [0.25, 0.3) is 0 Å². The Labute approximate surface area is 153 Å². The lowest BCUT2D eigenvalue weighted by Crippen LogP contribution is -2.20. The van der Waals surface area contributed by atoms with Crippen molar-refractivity contribution < 1.29 is 0 Å². The van der Waals surface area contributed by atoms with Crippen LogP contribution in [0.2, 0.25) is 0 Å². The number of rotatable bonds is 4. The molecule has 3 aromatic rings. The van der Waals surface area contributed by atoms with Gasteiger partial charge in [0.1, 0.15) is 5.82 Å². The van der Waals surface area contributed by atoms with Crippen LogP contribution in [-0.2, 0) is 6.42 Å². The van der Waals surface area contributed by atoms with E-state index >= 15 is 0 Å². The van der Waals surface area contributed by atoms with Crippen molar-refractivity contribution in [3.05, 3.63) is 59.5 Å². The van der Waals surface area contributed by atoms with Crippen LogP contribution in [0.3, 0.4) is 0 Å². The molecule has 0 spiro atoms. The van der Waals surface area contributed by atoms with E-state index in [1.54, 1.807) is 0 Å². The maximum absolute atomic E-state index is 4.83. The van der Waals surface area contributed by atoms with Crippen molar-refractivity contribution in [1.82, 2.24) is 19.9 Å². The zero-order valence-corrected chi connectivity index (χ0v) is 15.0. The molecule has 0 amide bonds. The van der Waals surface area contributed by atoms with Crippen molar-refractivity contribution in [2.24, 2.45) is 0 Å². The fourth-order valence-corrected chi connectivity index (χ4v) is 3.36. The van der Waals surface area contributed by atoms with Gasteiger partial charge >= 0.3 is 0 Å². The molecule has 2 aromatic heterocycles. The standard InChI is InChI=1S/C20H22N6/c1-13-11-18(26-20(21-2)23-13)24-16-9-6-10-17-15(16)12-22-19(25-17)14-7-4-3-5-8-14/h3-5,7-8,11-12,16H,6,9-10H2,1-2H3,(H2,21,23,24,26)/t16-/m1/s1. The fourth-order valence-electron chi connectivity index (χ4n) is 3.36. The van der Waals surface area contributed by atoms with Gasteiger partial charge in [0, 0.05) is 41.8 Å². The van der Waals surface area contributed by atoms with E-state index in [9.17, 15) is 0 Å². The molecular weight excluding hydrogens is 324 g/mol. The molecule has 0 bridgehead atoms. The number of hydrogen-bond donors (Lipinski definition) is 2. The number of aromatic nitrogens is 4. The number of aryl methyl sites for hydroxylation is 2. The van der Waals surface area contributed by atoms with E-state index in [1.807, 2.05) is 56.6 Å². The molecule has 6 nitrogen and oxygen atoms in total. The average Bonchev–Trinajstić information content (AvgIpc) is 2.68. The van der Waals surface area contributed by atoms with Crippen molar-refractivity contribution in [1.29, 1.82) is 0 Å². The van der Waals surface area contributed by atoms with E-state index in [0.717, 1.165) is 47.9 Å². The first-order valence-electron chi connectivity index (χ1n) is 8.94. The topological polar surface area (TPSA) is 75.6 Å². The molecule has 6 heteroatoms. The third-order valence-corrected chi connectivity index (χ3v) is 4.61. The van der Waals surface area contributed by atoms with Crippen LogP contribution in [0.25, 0.3) is 11.4 Å². The summed E-state index contributed by atoms with van der Waals surface area (Å²) in [7, 11) is 1.83. The van der Waals surface area contributed by atoms with Crippen LogP contribution < -0.4 is 10.6 Å². The second-order valence-corrected chi connectivity index (χ2v) is 6.52. The van der Waals surface area contributed by atoms with Crippen molar-refractivity contribution >= 4 is 11.8 Å². The molecule has 2 heterocycles. The molecule has 4 rings (SSSR count). The van der Waals surface area contributed by atoms with Crippen LogP contribution in [0.5, 0.6) is 0 Å². The minimum Gasteiger partial charge on any atom is -0.363 e. The van der Waals surface area contributed by atoms with Gasteiger partial charge in [-0.3, -0.25) is 0 Å². The quantitative estimate of drug-likeness (QED) is 0.749. The summed E-state index contributed by atoms with van der Waals surface area (Å²) < 4.78 is 0. The first-order chi connectivity index (χ1) is 12.7. The summed E-state index contributed by atoms with van der Waals surface area (Å²) >= 11 is 0. The monoisotopic (exact) mass is 346 g/mol. The van der Waals surface area contributed by atoms with Gasteiger partial charge < -0.3 is 10.6 Å². The maximum Gasteiger partial charge on any atom is 0.224 e. The van der Waals surface area contributed by atoms with Gasteiger partial charge in [-0.15, -0.1) is 0 Å². The maximum atomic E-state index is 4.83. The van der Waals surface area contributed by atoms with Gasteiger partial charge in [-0.05, 0) is 26.2 Å². The van der Waals surface area contributed by atoms with E-state index in [1.165, 1.54) is 5.56 Å². The molecule has 0 aliphatic heterocycles. The highest BCUT2D eigenvalue weighted by Crippen LogP contribution is 2.32. The van der Waals surface area contributed by atoms with Gasteiger partial charge in [0.15, 0.2) is 5.82 Å². The summed E-state index contributed by atoms with van der Waals surface area (Å²) in [5.41, 5.74) is 4.27. The van der Waals surface area contributed by atoms with Crippen molar-refractivity contribution in [2.75, 3.05) is 17.7 Å². The smallest absolute Gasteiger partial charge is 0.224 e. The Hall–Kier alpha value is -3.02. The fraction of sp³-hybridized carbons (Fsp3) is 0.300. The van der Waals surface area contributed by atoms with Crippen molar-refractivity contribution in [2.45, 2.75) is 32.2 Å². The summed E-state index contributed by atoms with van der Waals surface area (Å²) in [6.07, 6.45) is 5.09. The molecule has 1 atom stereocenters. The van der Waals surface area contributed by atoms with Crippen LogP contribution in [0.15, 0.2) is 42.6 Å². The SMILES string of the molecule is CNc1nc(C)cc(N[C@@H]2CCCc3nc(-c4ccccc4)ncc32)n1. The molecule has 0 saturated heterocycles. The highest BCUT2D eigenvalue weighted by Gasteiger charge is 2.23. The van der Waals surface area contributed by atoms with Gasteiger partial charge in [-0.25, -0.2) is 15.0 Å². The minimum absolute atomic E-state index is 0.169. The Morgan fingerprint density at radius 1 is 1.08 bits per heavy atom. The van der Waals surface area contributed by atoms with Crippen LogP contribution in [-0.4, -0.2) is 27.0 Å². The molecule has 0 unspecified atom stereocenters. The van der Waals surface area contributed by atoms with E-state index in [-0.39, 0.29) is 6.04 Å². The van der Waals surface area contributed by atoms with Crippen molar-refractivity contribution in [3.8, 4) is 11.4 Å². The predicted molar refractivity (Wildman–Crippen MR) is 103 cm³/mol. The highest BCUT2D eigenvalue weighted by atomic mass is 15.1. The van der Waals surface area contributed by atoms with Crippen LogP contribution in [0, 0.1) is 6.92 Å². The molecule has 132 valence electrons. The molecule has 1 aliphatic rings. The Balaban J connectivity index is 1.62. The average molecular weight is 346 g/mol. The molecule has 1 aromatic carbocycles. The highest BCUT2D eigenvalue weighted by molar-refractivity contribution is 5.55. The number of fused-ring (bicyclic) bond motifs is 1. The van der Waals surface area contributed by atoms with Gasteiger partial charge in [-0.1, -0.05) is 30.3 Å². The second kappa shape index (κ2) is 7.07. The molecule has 0 fully saturated rings. The summed E-state index contributed by atoms with van der Waals surface area (Å²) in [6.45, 7) is 1.97. The summed E-state index contributed by atoms with van der Waals surface area (Å²) in [5, 5.41) is 6.54. The zero-order chi connectivity index (χ0) is 17.9. The van der Waals surface area contributed by atoms with E-state index in [2.05, 4.69) is 25.6 Å². The van der Waals surface area contributed by atoms with Crippen LogP contribution >= 0.6 is 0 Å². The molecule has 0 radical (unpaired) electrons. The molecule has 1 aliphatic carbocycles. The van der Waals surface area contributed by atoms with E-state index < -0.39 is 0 Å². The Kier molecular flexibility index (Phi) is 4.48. The number of nitrogens with zero attached hydrogens (tertiary/aromatic N) is 4. The van der Waals surface area contributed by atoms with Gasteiger partial charge in [0.05, 0.1) is 6.04 Å². The summed E-state index contributed by atoms with van der Waals surface area (Å²) in [5.74, 6) is 2.24. The molecule has 0 saturated carbocycles. The molecule has 2 N–H and O–H groups in total. The Morgan fingerprint density at radius 3 is 2.73 bits per heavy atom. The minimum atomic E-state index is 0.169. The first-order valence-corrected chi connectivity index (χ1v) is 8.94. The lowest BCUT2D eigenvalue weighted by Gasteiger charge is -2.26. The zero-order valence-electron chi connectivity index (χ0n) is 15.0. The van der Waals surface area contributed by atoms with Crippen LogP contribution in [0.4, 0.5) is 11.8 Å².